The van der Waals surface area contributed by atoms with E-state index < -0.39 is 36.3 Å². The Morgan fingerprint density at radius 3 is 2.24 bits per heavy atom. The lowest BCUT2D eigenvalue weighted by molar-refractivity contribution is 0.0253. The Kier molecular flexibility index (Phi) is 3.91. The van der Waals surface area contributed by atoms with Gasteiger partial charge in [-0.2, -0.15) is 5.26 Å². The Labute approximate surface area is 94.8 Å². The summed E-state index contributed by atoms with van der Waals surface area (Å²) in [6.07, 6.45) is 0. The first-order chi connectivity index (χ1) is 7.89. The Hall–Kier alpha value is -1.81. The molecule has 3 nitrogen and oxygen atoms in total. The van der Waals surface area contributed by atoms with Crippen LogP contribution in [-0.4, -0.2) is 19.0 Å². The predicted octanol–water partition coefficient (Wildman–Crippen LogP) is 1.84. The number of anilines is 1. The largest absolute Gasteiger partial charge is 0.374 e. The summed E-state index contributed by atoms with van der Waals surface area (Å²) in [5.74, 6) is -5.46. The van der Waals surface area contributed by atoms with Crippen LogP contribution in [-0.2, 0) is 0 Å². The second kappa shape index (κ2) is 5.01. The van der Waals surface area contributed by atoms with Crippen LogP contribution in [0.1, 0.15) is 5.56 Å². The molecule has 0 aromatic heterocycles. The van der Waals surface area contributed by atoms with Crippen molar-refractivity contribution in [1.29, 1.82) is 5.26 Å². The van der Waals surface area contributed by atoms with Gasteiger partial charge >= 0.3 is 0 Å². The van der Waals surface area contributed by atoms with Crippen molar-refractivity contribution < 1.29 is 17.6 Å². The maximum atomic E-state index is 13.2. The molecular weight excluding hydrogens is 238 g/mol. The van der Waals surface area contributed by atoms with Crippen molar-refractivity contribution in [1.82, 2.24) is 0 Å². The molecule has 1 aromatic carbocycles. The molecule has 1 aromatic rings. The van der Waals surface area contributed by atoms with Gasteiger partial charge in [-0.05, 0) is 12.1 Å². The van der Waals surface area contributed by atoms with E-state index in [1.165, 1.54) is 0 Å². The second-order valence-corrected chi connectivity index (χ2v) is 3.34. The third-order valence-corrected chi connectivity index (χ3v) is 1.99. The van der Waals surface area contributed by atoms with E-state index in [0.29, 0.717) is 0 Å². The molecular formula is C10H9F4N3. The SMILES string of the molecule is N#Cc1cc(F)c(NCC(F)(F)CN)c(F)c1. The van der Waals surface area contributed by atoms with Crippen LogP contribution in [0.2, 0.25) is 0 Å². The van der Waals surface area contributed by atoms with Gasteiger partial charge in [-0.15, -0.1) is 0 Å². The van der Waals surface area contributed by atoms with Crippen molar-refractivity contribution in [3.8, 4) is 6.07 Å². The average molecular weight is 247 g/mol. The normalized spacial score (nSPS) is 11.1. The van der Waals surface area contributed by atoms with Crippen molar-refractivity contribution >= 4 is 5.69 Å². The average Bonchev–Trinajstić information content (AvgIpc) is 2.27. The van der Waals surface area contributed by atoms with Crippen LogP contribution in [0.25, 0.3) is 0 Å². The quantitative estimate of drug-likeness (QED) is 0.798. The lowest BCUT2D eigenvalue weighted by Gasteiger charge is -2.16. The molecule has 0 radical (unpaired) electrons. The number of benzene rings is 1. The molecule has 92 valence electrons. The van der Waals surface area contributed by atoms with Gasteiger partial charge in [0.2, 0.25) is 0 Å². The Bertz CT molecular complexity index is 430. The number of alkyl halides is 2. The Morgan fingerprint density at radius 2 is 1.82 bits per heavy atom. The number of nitriles is 1. The molecule has 0 unspecified atom stereocenters. The maximum Gasteiger partial charge on any atom is 0.276 e. The highest BCUT2D eigenvalue weighted by Crippen LogP contribution is 2.22. The zero-order chi connectivity index (χ0) is 13.1. The smallest absolute Gasteiger partial charge is 0.276 e. The minimum Gasteiger partial charge on any atom is -0.374 e. The highest BCUT2D eigenvalue weighted by Gasteiger charge is 2.27. The van der Waals surface area contributed by atoms with Crippen LogP contribution in [0.15, 0.2) is 12.1 Å². The summed E-state index contributed by atoms with van der Waals surface area (Å²) in [7, 11) is 0. The van der Waals surface area contributed by atoms with Crippen molar-refractivity contribution in [2.24, 2.45) is 5.73 Å². The van der Waals surface area contributed by atoms with E-state index in [-0.39, 0.29) is 5.56 Å². The molecule has 0 atom stereocenters. The fourth-order valence-corrected chi connectivity index (χ4v) is 1.10. The topological polar surface area (TPSA) is 61.8 Å². The minimum atomic E-state index is -3.26. The molecule has 0 saturated heterocycles. The fourth-order valence-electron chi connectivity index (χ4n) is 1.10. The van der Waals surface area contributed by atoms with Gasteiger partial charge in [0.05, 0.1) is 24.7 Å². The van der Waals surface area contributed by atoms with Gasteiger partial charge in [0, 0.05) is 0 Å². The van der Waals surface area contributed by atoms with Crippen LogP contribution in [0, 0.1) is 23.0 Å². The molecule has 0 amide bonds. The monoisotopic (exact) mass is 247 g/mol. The van der Waals surface area contributed by atoms with Crippen molar-refractivity contribution in [2.45, 2.75) is 5.92 Å². The first kappa shape index (κ1) is 13.3. The second-order valence-electron chi connectivity index (χ2n) is 3.34. The summed E-state index contributed by atoms with van der Waals surface area (Å²) in [4.78, 5) is 0. The van der Waals surface area contributed by atoms with Gasteiger partial charge in [0.15, 0.2) is 11.6 Å². The molecule has 0 fully saturated rings. The van der Waals surface area contributed by atoms with Crippen LogP contribution in [0.3, 0.4) is 0 Å². The number of nitrogens with zero attached hydrogens (tertiary/aromatic N) is 1. The van der Waals surface area contributed by atoms with E-state index in [4.69, 9.17) is 11.0 Å². The lowest BCUT2D eigenvalue weighted by Crippen LogP contribution is -2.35. The van der Waals surface area contributed by atoms with E-state index >= 15 is 0 Å². The Morgan fingerprint density at radius 1 is 1.29 bits per heavy atom. The summed E-state index contributed by atoms with van der Waals surface area (Å²) in [6.45, 7) is -1.91. The summed E-state index contributed by atoms with van der Waals surface area (Å²) < 4.78 is 52.0. The summed E-state index contributed by atoms with van der Waals surface area (Å²) in [6, 6.07) is 3.06. The van der Waals surface area contributed by atoms with E-state index in [1.54, 1.807) is 6.07 Å². The highest BCUT2D eigenvalue weighted by molar-refractivity contribution is 5.50. The van der Waals surface area contributed by atoms with E-state index in [0.717, 1.165) is 12.1 Å². The zero-order valence-corrected chi connectivity index (χ0v) is 8.61. The molecule has 0 saturated carbocycles. The number of hydrogen-bond donors (Lipinski definition) is 2. The first-order valence-electron chi connectivity index (χ1n) is 4.60. The van der Waals surface area contributed by atoms with Crippen LogP contribution in [0.4, 0.5) is 23.2 Å². The van der Waals surface area contributed by atoms with E-state index in [1.807, 2.05) is 5.32 Å². The number of hydrogen-bond acceptors (Lipinski definition) is 3. The zero-order valence-electron chi connectivity index (χ0n) is 8.61. The predicted molar refractivity (Wildman–Crippen MR) is 53.6 cm³/mol. The van der Waals surface area contributed by atoms with Gasteiger partial charge in [-0.25, -0.2) is 17.6 Å². The number of halogens is 4. The van der Waals surface area contributed by atoms with Crippen LogP contribution < -0.4 is 11.1 Å². The summed E-state index contributed by atoms with van der Waals surface area (Å²) >= 11 is 0. The molecule has 0 aliphatic rings. The molecule has 0 aliphatic carbocycles. The molecule has 0 heterocycles. The molecule has 3 N–H and O–H groups in total. The molecule has 17 heavy (non-hydrogen) atoms. The standard InChI is InChI=1S/C10H9F4N3/c11-7-1-6(3-15)2-8(12)9(7)17-5-10(13,14)4-16/h1-2,17H,4-5,16H2. The third-order valence-electron chi connectivity index (χ3n) is 1.99. The highest BCUT2D eigenvalue weighted by atomic mass is 19.3. The fraction of sp³-hybridized carbons (Fsp3) is 0.300. The number of rotatable bonds is 4. The van der Waals surface area contributed by atoms with Gasteiger partial charge in [-0.1, -0.05) is 0 Å². The van der Waals surface area contributed by atoms with Gasteiger partial charge in [0.25, 0.3) is 5.92 Å². The van der Waals surface area contributed by atoms with Crippen molar-refractivity contribution in [2.75, 3.05) is 18.4 Å². The molecule has 1 rings (SSSR count). The third kappa shape index (κ3) is 3.32. The van der Waals surface area contributed by atoms with Crippen LogP contribution >= 0.6 is 0 Å². The minimum absolute atomic E-state index is 0.226. The molecule has 7 heteroatoms. The Balaban J connectivity index is 2.90. The molecule has 0 spiro atoms. The number of nitrogens with one attached hydrogen (secondary N) is 1. The van der Waals surface area contributed by atoms with Crippen LogP contribution in [0.5, 0.6) is 0 Å². The van der Waals surface area contributed by atoms with E-state index in [9.17, 15) is 17.6 Å². The molecule has 0 aliphatic heterocycles. The van der Waals surface area contributed by atoms with Gasteiger partial charge in [0.1, 0.15) is 5.69 Å². The van der Waals surface area contributed by atoms with Crippen molar-refractivity contribution in [3.05, 3.63) is 29.3 Å². The van der Waals surface area contributed by atoms with Crippen molar-refractivity contribution in [3.63, 3.8) is 0 Å². The number of nitrogens with two attached hydrogens (primary N) is 1. The van der Waals surface area contributed by atoms with Gasteiger partial charge in [-0.3, -0.25) is 0 Å². The first-order valence-corrected chi connectivity index (χ1v) is 4.60. The lowest BCUT2D eigenvalue weighted by atomic mass is 10.2. The van der Waals surface area contributed by atoms with E-state index in [2.05, 4.69) is 0 Å². The maximum absolute atomic E-state index is 13.2. The summed E-state index contributed by atoms with van der Waals surface area (Å²) in [5.41, 5.74) is 3.85. The summed E-state index contributed by atoms with van der Waals surface area (Å²) in [5, 5.41) is 10.4. The van der Waals surface area contributed by atoms with Gasteiger partial charge < -0.3 is 11.1 Å². The molecule has 0 bridgehead atoms.